The summed E-state index contributed by atoms with van der Waals surface area (Å²) in [6.45, 7) is 11.4. The average Bonchev–Trinajstić information content (AvgIpc) is 2.58. The van der Waals surface area contributed by atoms with Crippen LogP contribution in [0.2, 0.25) is 0 Å². The number of nitrogens with zero attached hydrogens (tertiary/aromatic N) is 1. The fraction of sp³-hybridized carbons (Fsp3) is 0.650. The molecule has 0 bridgehead atoms. The molecule has 0 aliphatic carbocycles. The van der Waals surface area contributed by atoms with E-state index in [4.69, 9.17) is 14.2 Å². The molecule has 26 heavy (non-hydrogen) atoms. The Kier molecular flexibility index (Phi) is 6.04. The second-order valence-electron chi connectivity index (χ2n) is 7.64. The minimum atomic E-state index is -0.0609. The van der Waals surface area contributed by atoms with E-state index in [0.717, 1.165) is 30.2 Å². The van der Waals surface area contributed by atoms with Crippen LogP contribution in [0.1, 0.15) is 39.3 Å². The van der Waals surface area contributed by atoms with Gasteiger partial charge in [-0.2, -0.15) is 0 Å². The molecule has 0 aromatic heterocycles. The number of hydrogen-bond acceptors (Lipinski definition) is 5. The monoisotopic (exact) mass is 362 g/mol. The largest absolute Gasteiger partial charge is 0.486 e. The third-order valence-corrected chi connectivity index (χ3v) is 4.77. The van der Waals surface area contributed by atoms with Gasteiger partial charge in [0.25, 0.3) is 0 Å². The van der Waals surface area contributed by atoms with Crippen molar-refractivity contribution in [1.29, 1.82) is 0 Å². The zero-order valence-corrected chi connectivity index (χ0v) is 16.2. The molecule has 6 nitrogen and oxygen atoms in total. The van der Waals surface area contributed by atoms with E-state index in [1.165, 1.54) is 0 Å². The maximum Gasteiger partial charge on any atom is 0.234 e. The van der Waals surface area contributed by atoms with Crippen LogP contribution in [-0.4, -0.2) is 55.9 Å². The Bertz CT molecular complexity index is 624. The van der Waals surface area contributed by atoms with Crippen molar-refractivity contribution in [3.05, 3.63) is 23.8 Å². The first-order valence-corrected chi connectivity index (χ1v) is 9.49. The molecule has 2 aliphatic rings. The smallest absolute Gasteiger partial charge is 0.234 e. The highest BCUT2D eigenvalue weighted by molar-refractivity contribution is 5.78. The number of fused-ring (bicyclic) bond motifs is 1. The van der Waals surface area contributed by atoms with Gasteiger partial charge in [-0.25, -0.2) is 0 Å². The first-order valence-electron chi connectivity index (χ1n) is 9.49. The predicted molar refractivity (Wildman–Crippen MR) is 99.6 cm³/mol. The average molecular weight is 362 g/mol. The molecule has 0 radical (unpaired) electrons. The summed E-state index contributed by atoms with van der Waals surface area (Å²) in [7, 11) is 0. The maximum absolute atomic E-state index is 12.7. The molecule has 1 amide bonds. The van der Waals surface area contributed by atoms with Crippen molar-refractivity contribution in [1.82, 2.24) is 10.2 Å². The highest BCUT2D eigenvalue weighted by Gasteiger charge is 2.26. The van der Waals surface area contributed by atoms with Gasteiger partial charge in [-0.15, -0.1) is 0 Å². The molecule has 0 spiro atoms. The molecular weight excluding hydrogens is 332 g/mol. The molecule has 3 rings (SSSR count). The van der Waals surface area contributed by atoms with Crippen LogP contribution in [0.4, 0.5) is 0 Å². The summed E-state index contributed by atoms with van der Waals surface area (Å²) in [6.07, 6.45) is 0.315. The number of benzene rings is 1. The predicted octanol–water partition coefficient (Wildman–Crippen LogP) is 2.38. The Morgan fingerprint density at radius 2 is 1.81 bits per heavy atom. The van der Waals surface area contributed by atoms with E-state index in [1.807, 2.05) is 32.0 Å². The third kappa shape index (κ3) is 4.68. The second kappa shape index (κ2) is 8.27. The van der Waals surface area contributed by atoms with Crippen molar-refractivity contribution in [2.24, 2.45) is 5.92 Å². The number of hydrogen-bond donors (Lipinski definition) is 1. The van der Waals surface area contributed by atoms with Gasteiger partial charge >= 0.3 is 0 Å². The van der Waals surface area contributed by atoms with Crippen molar-refractivity contribution in [2.45, 2.75) is 45.9 Å². The first-order chi connectivity index (χ1) is 12.4. The summed E-state index contributed by atoms with van der Waals surface area (Å²) in [6, 6.07) is 5.86. The van der Waals surface area contributed by atoms with Gasteiger partial charge < -0.3 is 19.5 Å². The molecular formula is C20H30N2O4. The summed E-state index contributed by atoms with van der Waals surface area (Å²) < 4.78 is 17.0. The van der Waals surface area contributed by atoms with Gasteiger partial charge in [-0.05, 0) is 37.5 Å². The van der Waals surface area contributed by atoms with Gasteiger partial charge in [0.05, 0.1) is 24.8 Å². The van der Waals surface area contributed by atoms with Crippen LogP contribution in [0, 0.1) is 5.92 Å². The van der Waals surface area contributed by atoms with Crippen LogP contribution in [0.15, 0.2) is 18.2 Å². The van der Waals surface area contributed by atoms with Gasteiger partial charge in [0.2, 0.25) is 5.91 Å². The summed E-state index contributed by atoms with van der Waals surface area (Å²) in [5.74, 6) is 1.83. The number of rotatable bonds is 5. The van der Waals surface area contributed by atoms with Crippen LogP contribution in [0.5, 0.6) is 11.5 Å². The Balaban J connectivity index is 1.65. The highest BCUT2D eigenvalue weighted by Crippen LogP contribution is 2.34. The molecule has 3 unspecified atom stereocenters. The molecule has 0 saturated carbocycles. The lowest BCUT2D eigenvalue weighted by Gasteiger charge is -2.35. The van der Waals surface area contributed by atoms with Gasteiger partial charge in [0, 0.05) is 13.1 Å². The van der Waals surface area contributed by atoms with Crippen LogP contribution in [-0.2, 0) is 9.53 Å². The molecule has 3 atom stereocenters. The van der Waals surface area contributed by atoms with Crippen molar-refractivity contribution in [3.63, 3.8) is 0 Å². The van der Waals surface area contributed by atoms with Crippen LogP contribution in [0.25, 0.3) is 0 Å². The van der Waals surface area contributed by atoms with Crippen molar-refractivity contribution in [2.75, 3.05) is 32.8 Å². The molecule has 2 heterocycles. The summed E-state index contributed by atoms with van der Waals surface area (Å²) in [5.41, 5.74) is 1.04. The lowest BCUT2D eigenvalue weighted by molar-refractivity contribution is -0.127. The van der Waals surface area contributed by atoms with Crippen LogP contribution < -0.4 is 14.8 Å². The number of amides is 1. The van der Waals surface area contributed by atoms with Crippen LogP contribution >= 0.6 is 0 Å². The van der Waals surface area contributed by atoms with E-state index in [0.29, 0.717) is 19.8 Å². The molecule has 1 saturated heterocycles. The third-order valence-electron chi connectivity index (χ3n) is 4.77. The lowest BCUT2D eigenvalue weighted by Crippen LogP contribution is -2.49. The van der Waals surface area contributed by atoms with E-state index in [9.17, 15) is 4.79 Å². The first kappa shape index (κ1) is 19.0. The quantitative estimate of drug-likeness (QED) is 0.871. The molecule has 1 fully saturated rings. The second-order valence-corrected chi connectivity index (χ2v) is 7.64. The number of morpholine rings is 1. The summed E-state index contributed by atoms with van der Waals surface area (Å²) >= 11 is 0. The molecule has 2 aliphatic heterocycles. The normalized spacial score (nSPS) is 24.3. The van der Waals surface area contributed by atoms with E-state index in [-0.39, 0.29) is 30.1 Å². The molecule has 1 aromatic rings. The van der Waals surface area contributed by atoms with E-state index in [2.05, 4.69) is 24.1 Å². The van der Waals surface area contributed by atoms with Crippen molar-refractivity contribution >= 4 is 5.91 Å². The van der Waals surface area contributed by atoms with Crippen molar-refractivity contribution < 1.29 is 19.0 Å². The van der Waals surface area contributed by atoms with E-state index in [1.54, 1.807) is 0 Å². The maximum atomic E-state index is 12.7. The van der Waals surface area contributed by atoms with E-state index >= 15 is 0 Å². The zero-order chi connectivity index (χ0) is 18.7. The number of ether oxygens (including phenoxy) is 3. The summed E-state index contributed by atoms with van der Waals surface area (Å²) in [4.78, 5) is 14.8. The number of carbonyl (C=O) groups is 1. The molecule has 6 heteroatoms. The standard InChI is InChI=1S/C20H30N2O4/c1-13(2)20(16-5-6-17-18(9-16)25-8-7-24-17)21-19(23)12-22-10-14(3)26-15(4)11-22/h5-6,9,13-15,20H,7-8,10-12H2,1-4H3,(H,21,23). The van der Waals surface area contributed by atoms with Gasteiger partial charge in [-0.1, -0.05) is 19.9 Å². The fourth-order valence-electron chi connectivity index (χ4n) is 3.72. The fourth-order valence-corrected chi connectivity index (χ4v) is 3.72. The molecule has 1 aromatic carbocycles. The van der Waals surface area contributed by atoms with Gasteiger partial charge in [0.15, 0.2) is 11.5 Å². The van der Waals surface area contributed by atoms with Gasteiger partial charge in [-0.3, -0.25) is 9.69 Å². The number of carbonyl (C=O) groups excluding carboxylic acids is 1. The zero-order valence-electron chi connectivity index (χ0n) is 16.2. The number of nitrogens with one attached hydrogen (secondary N) is 1. The lowest BCUT2D eigenvalue weighted by atomic mass is 9.95. The Hall–Kier alpha value is -1.79. The van der Waals surface area contributed by atoms with E-state index < -0.39 is 0 Å². The topological polar surface area (TPSA) is 60.0 Å². The minimum absolute atomic E-state index is 0.0416. The Labute approximate surface area is 155 Å². The molecule has 144 valence electrons. The molecule has 1 N–H and O–H groups in total. The van der Waals surface area contributed by atoms with Crippen molar-refractivity contribution in [3.8, 4) is 11.5 Å². The minimum Gasteiger partial charge on any atom is -0.486 e. The summed E-state index contributed by atoms with van der Waals surface area (Å²) in [5, 5.41) is 3.20. The van der Waals surface area contributed by atoms with Crippen LogP contribution in [0.3, 0.4) is 0 Å². The Morgan fingerprint density at radius 3 is 2.46 bits per heavy atom. The SMILES string of the molecule is CC1CN(CC(=O)NC(c2ccc3c(c2)OCCO3)C(C)C)CC(C)O1. The van der Waals surface area contributed by atoms with Gasteiger partial charge in [0.1, 0.15) is 13.2 Å². The Morgan fingerprint density at radius 1 is 1.15 bits per heavy atom. The highest BCUT2D eigenvalue weighted by atomic mass is 16.6.